The van der Waals surface area contributed by atoms with Crippen LogP contribution in [0.4, 0.5) is 0 Å². The molecule has 3 rings (SSSR count). The lowest BCUT2D eigenvalue weighted by molar-refractivity contribution is -0.150. The van der Waals surface area contributed by atoms with Gasteiger partial charge >= 0.3 is 5.97 Å². The molecule has 31 heavy (non-hydrogen) atoms. The van der Waals surface area contributed by atoms with Crippen molar-refractivity contribution in [1.29, 1.82) is 5.26 Å². The van der Waals surface area contributed by atoms with Crippen molar-refractivity contribution in [3.8, 4) is 11.8 Å². The average Bonchev–Trinajstić information content (AvgIpc) is 2.82. The van der Waals surface area contributed by atoms with E-state index >= 15 is 0 Å². The van der Waals surface area contributed by atoms with E-state index < -0.39 is 18.5 Å². The molecule has 156 valence electrons. The first-order valence-electron chi connectivity index (χ1n) is 9.81. The van der Waals surface area contributed by atoms with Crippen LogP contribution < -0.4 is 10.1 Å². The maximum absolute atomic E-state index is 12.4. The van der Waals surface area contributed by atoms with E-state index in [1.165, 1.54) is 0 Å². The summed E-state index contributed by atoms with van der Waals surface area (Å²) in [6, 6.07) is 27.6. The van der Waals surface area contributed by atoms with Crippen molar-refractivity contribution in [2.75, 3.05) is 13.2 Å². The van der Waals surface area contributed by atoms with Gasteiger partial charge in [-0.05, 0) is 41.8 Å². The third-order valence-corrected chi connectivity index (χ3v) is 4.52. The van der Waals surface area contributed by atoms with E-state index in [4.69, 9.17) is 14.7 Å². The Morgan fingerprint density at radius 1 is 0.871 bits per heavy atom. The highest BCUT2D eigenvalue weighted by atomic mass is 16.6. The maximum atomic E-state index is 12.4. The van der Waals surface area contributed by atoms with Crippen LogP contribution in [-0.2, 0) is 20.7 Å². The van der Waals surface area contributed by atoms with Crippen molar-refractivity contribution in [2.24, 2.45) is 0 Å². The molecule has 0 radical (unpaired) electrons. The van der Waals surface area contributed by atoms with Gasteiger partial charge in [0, 0.05) is 0 Å². The molecule has 0 bridgehead atoms. The fraction of sp³-hybridized carbons (Fsp3) is 0.160. The van der Waals surface area contributed by atoms with Gasteiger partial charge in [0.05, 0.1) is 17.7 Å². The number of benzene rings is 3. The highest BCUT2D eigenvalue weighted by Crippen LogP contribution is 2.18. The molecule has 0 saturated heterocycles. The molecule has 0 saturated carbocycles. The zero-order valence-electron chi connectivity index (χ0n) is 16.9. The average molecular weight is 414 g/mol. The third kappa shape index (κ3) is 7.02. The highest BCUT2D eigenvalue weighted by Gasteiger charge is 2.16. The summed E-state index contributed by atoms with van der Waals surface area (Å²) in [4.78, 5) is 24.3. The SMILES string of the molecule is N#Cc1ccc(OCC(=O)OCC(=O)N[C@H](Cc2ccccc2)c2ccccc2)cc1. The van der Waals surface area contributed by atoms with E-state index in [-0.39, 0.29) is 12.6 Å². The number of amides is 1. The molecule has 1 N–H and O–H groups in total. The van der Waals surface area contributed by atoms with Crippen LogP contribution in [0.5, 0.6) is 5.75 Å². The van der Waals surface area contributed by atoms with Gasteiger partial charge in [-0.25, -0.2) is 4.79 Å². The summed E-state index contributed by atoms with van der Waals surface area (Å²) in [5, 5.41) is 11.7. The summed E-state index contributed by atoms with van der Waals surface area (Å²) < 4.78 is 10.3. The van der Waals surface area contributed by atoms with E-state index in [9.17, 15) is 9.59 Å². The molecule has 3 aromatic rings. The van der Waals surface area contributed by atoms with Crippen molar-refractivity contribution in [1.82, 2.24) is 5.32 Å². The second-order valence-corrected chi connectivity index (χ2v) is 6.81. The summed E-state index contributed by atoms with van der Waals surface area (Å²) in [5.74, 6) is -0.609. The molecule has 0 heterocycles. The van der Waals surface area contributed by atoms with Crippen LogP contribution in [-0.4, -0.2) is 25.1 Å². The highest BCUT2D eigenvalue weighted by molar-refractivity contribution is 5.81. The Balaban J connectivity index is 1.50. The molecular formula is C25H22N2O4. The van der Waals surface area contributed by atoms with Gasteiger partial charge in [0.1, 0.15) is 5.75 Å². The fourth-order valence-corrected chi connectivity index (χ4v) is 2.98. The molecule has 3 aromatic carbocycles. The van der Waals surface area contributed by atoms with E-state index in [1.807, 2.05) is 66.7 Å². The number of nitrogens with zero attached hydrogens (tertiary/aromatic N) is 1. The normalized spacial score (nSPS) is 11.1. The number of esters is 1. The smallest absolute Gasteiger partial charge is 0.344 e. The Morgan fingerprint density at radius 3 is 2.16 bits per heavy atom. The monoisotopic (exact) mass is 414 g/mol. The number of rotatable bonds is 9. The number of nitrogens with one attached hydrogen (secondary N) is 1. The predicted octanol–water partition coefficient (Wildman–Crippen LogP) is 3.58. The number of carbonyl (C=O) groups excluding carboxylic acids is 2. The van der Waals surface area contributed by atoms with E-state index in [0.717, 1.165) is 11.1 Å². The lowest BCUT2D eigenvalue weighted by Gasteiger charge is -2.19. The number of hydrogen-bond acceptors (Lipinski definition) is 5. The van der Waals surface area contributed by atoms with Crippen LogP contribution >= 0.6 is 0 Å². The Morgan fingerprint density at radius 2 is 1.52 bits per heavy atom. The molecule has 6 nitrogen and oxygen atoms in total. The summed E-state index contributed by atoms with van der Waals surface area (Å²) >= 11 is 0. The molecule has 6 heteroatoms. The van der Waals surface area contributed by atoms with Crippen LogP contribution in [0.3, 0.4) is 0 Å². The molecule has 0 unspecified atom stereocenters. The van der Waals surface area contributed by atoms with Crippen molar-refractivity contribution in [2.45, 2.75) is 12.5 Å². The Hall–Kier alpha value is -4.11. The minimum absolute atomic E-state index is 0.246. The standard InChI is InChI=1S/C25H22N2O4/c26-16-20-11-13-22(14-12-20)30-18-25(29)31-17-24(28)27-23(21-9-5-2-6-10-21)15-19-7-3-1-4-8-19/h1-14,23H,15,17-18H2,(H,27,28)/t23-/m1/s1. The first kappa shape index (κ1) is 21.6. The van der Waals surface area contributed by atoms with Gasteiger partial charge in [0.15, 0.2) is 13.2 Å². The lowest BCUT2D eigenvalue weighted by Crippen LogP contribution is -2.34. The van der Waals surface area contributed by atoms with Crippen molar-refractivity contribution in [3.63, 3.8) is 0 Å². The largest absolute Gasteiger partial charge is 0.482 e. The van der Waals surface area contributed by atoms with Crippen molar-refractivity contribution >= 4 is 11.9 Å². The first-order chi connectivity index (χ1) is 15.1. The molecule has 0 aliphatic carbocycles. The fourth-order valence-electron chi connectivity index (χ4n) is 2.98. The minimum atomic E-state index is -0.654. The van der Waals surface area contributed by atoms with Gasteiger partial charge in [-0.1, -0.05) is 60.7 Å². The van der Waals surface area contributed by atoms with E-state index in [1.54, 1.807) is 24.3 Å². The first-order valence-corrected chi connectivity index (χ1v) is 9.81. The zero-order valence-corrected chi connectivity index (χ0v) is 16.9. The number of carbonyl (C=O) groups is 2. The van der Waals surface area contributed by atoms with Crippen LogP contribution in [0, 0.1) is 11.3 Å². The van der Waals surface area contributed by atoms with Crippen LogP contribution in [0.25, 0.3) is 0 Å². The molecular weight excluding hydrogens is 392 g/mol. The van der Waals surface area contributed by atoms with Gasteiger partial charge < -0.3 is 14.8 Å². The molecule has 0 aliphatic rings. The summed E-state index contributed by atoms with van der Waals surface area (Å²) in [6.45, 7) is -0.723. The van der Waals surface area contributed by atoms with Crippen LogP contribution in [0.1, 0.15) is 22.7 Å². The van der Waals surface area contributed by atoms with Gasteiger partial charge in [-0.15, -0.1) is 0 Å². The van der Waals surface area contributed by atoms with Crippen molar-refractivity contribution in [3.05, 3.63) is 102 Å². The predicted molar refractivity (Wildman–Crippen MR) is 115 cm³/mol. The second kappa shape index (κ2) is 11.2. The van der Waals surface area contributed by atoms with Crippen LogP contribution in [0.15, 0.2) is 84.9 Å². The molecule has 0 spiro atoms. The maximum Gasteiger partial charge on any atom is 0.344 e. The van der Waals surface area contributed by atoms with E-state index in [2.05, 4.69) is 5.32 Å². The topological polar surface area (TPSA) is 88.4 Å². The Bertz CT molecular complexity index is 1030. The van der Waals surface area contributed by atoms with Gasteiger partial charge in [-0.2, -0.15) is 5.26 Å². The Kier molecular flexibility index (Phi) is 7.78. The van der Waals surface area contributed by atoms with Gasteiger partial charge in [0.25, 0.3) is 5.91 Å². The second-order valence-electron chi connectivity index (χ2n) is 6.81. The van der Waals surface area contributed by atoms with Crippen LogP contribution in [0.2, 0.25) is 0 Å². The quantitative estimate of drug-likeness (QED) is 0.541. The summed E-state index contributed by atoms with van der Waals surface area (Å²) in [6.07, 6.45) is 0.617. The molecule has 1 amide bonds. The van der Waals surface area contributed by atoms with Gasteiger partial charge in [0.2, 0.25) is 0 Å². The molecule has 0 aliphatic heterocycles. The minimum Gasteiger partial charge on any atom is -0.482 e. The molecule has 0 aromatic heterocycles. The lowest BCUT2D eigenvalue weighted by atomic mass is 9.99. The number of nitriles is 1. The van der Waals surface area contributed by atoms with Crippen molar-refractivity contribution < 1.29 is 19.1 Å². The zero-order chi connectivity index (χ0) is 21.9. The third-order valence-electron chi connectivity index (χ3n) is 4.52. The van der Waals surface area contributed by atoms with Gasteiger partial charge in [-0.3, -0.25) is 4.79 Å². The number of ether oxygens (including phenoxy) is 2. The molecule has 0 fully saturated rings. The van der Waals surface area contributed by atoms with E-state index in [0.29, 0.717) is 17.7 Å². The summed E-state index contributed by atoms with van der Waals surface area (Å²) in [7, 11) is 0. The summed E-state index contributed by atoms with van der Waals surface area (Å²) in [5.41, 5.74) is 2.55. The number of hydrogen-bond donors (Lipinski definition) is 1. The molecule has 1 atom stereocenters. The Labute approximate surface area is 181 Å².